The maximum absolute atomic E-state index is 13.0. The number of aryl methyl sites for hydroxylation is 1. The van der Waals surface area contributed by atoms with Crippen molar-refractivity contribution >= 4 is 27.6 Å². The molecular weight excluding hydrogens is 434 g/mol. The number of unbranched alkanes of at least 4 members (excludes halogenated alkanes) is 1. The van der Waals surface area contributed by atoms with Gasteiger partial charge in [0.25, 0.3) is 0 Å². The van der Waals surface area contributed by atoms with E-state index in [9.17, 15) is 13.2 Å². The van der Waals surface area contributed by atoms with Gasteiger partial charge < -0.3 is 5.11 Å². The Morgan fingerprint density at radius 2 is 1.48 bits per heavy atom. The van der Waals surface area contributed by atoms with Crippen LogP contribution < -0.4 is 4.72 Å². The Labute approximate surface area is 187 Å². The molecule has 0 fully saturated rings. The minimum atomic E-state index is -3.77. The van der Waals surface area contributed by atoms with E-state index in [1.165, 1.54) is 12.1 Å². The summed E-state index contributed by atoms with van der Waals surface area (Å²) in [7, 11) is -3.77. The lowest BCUT2D eigenvalue weighted by Crippen LogP contribution is -2.29. The molecule has 0 bridgehead atoms. The first-order chi connectivity index (χ1) is 14.8. The third-order valence-electron chi connectivity index (χ3n) is 4.95. The summed E-state index contributed by atoms with van der Waals surface area (Å²) in [6.07, 6.45) is 2.36. The average Bonchev–Trinajstić information content (AvgIpc) is 2.76. The molecule has 31 heavy (non-hydrogen) atoms. The molecule has 0 saturated carbocycles. The fourth-order valence-corrected chi connectivity index (χ4v) is 4.63. The summed E-state index contributed by atoms with van der Waals surface area (Å²) < 4.78 is 28.8. The van der Waals surface area contributed by atoms with Crippen molar-refractivity contribution in [2.45, 2.75) is 36.6 Å². The van der Waals surface area contributed by atoms with Crippen LogP contribution in [-0.4, -0.2) is 19.5 Å². The van der Waals surface area contributed by atoms with Crippen molar-refractivity contribution in [2.75, 3.05) is 0 Å². The number of rotatable bonds is 10. The number of nitrogens with one attached hydrogen (secondary N) is 1. The molecule has 0 aromatic heterocycles. The maximum atomic E-state index is 13.0. The summed E-state index contributed by atoms with van der Waals surface area (Å²) >= 11 is 5.89. The van der Waals surface area contributed by atoms with E-state index >= 15 is 0 Å². The second kappa shape index (κ2) is 10.6. The second-order valence-electron chi connectivity index (χ2n) is 7.26. The summed E-state index contributed by atoms with van der Waals surface area (Å²) in [5.74, 6) is -0.783. The fourth-order valence-electron chi connectivity index (χ4n) is 3.29. The quantitative estimate of drug-likeness (QED) is 0.409. The lowest BCUT2D eigenvalue weighted by molar-refractivity contribution is -0.137. The predicted octanol–water partition coefficient (Wildman–Crippen LogP) is 5.21. The summed E-state index contributed by atoms with van der Waals surface area (Å²) in [6.45, 7) is 0. The maximum Gasteiger partial charge on any atom is 0.303 e. The van der Waals surface area contributed by atoms with Crippen molar-refractivity contribution in [3.8, 4) is 0 Å². The van der Waals surface area contributed by atoms with Crippen molar-refractivity contribution < 1.29 is 18.3 Å². The normalized spacial score (nSPS) is 12.4. The first-order valence-corrected chi connectivity index (χ1v) is 11.8. The van der Waals surface area contributed by atoms with Crippen LogP contribution >= 0.6 is 11.6 Å². The van der Waals surface area contributed by atoms with Crippen molar-refractivity contribution in [1.29, 1.82) is 0 Å². The van der Waals surface area contributed by atoms with Crippen LogP contribution in [0.4, 0.5) is 0 Å². The topological polar surface area (TPSA) is 83.5 Å². The van der Waals surface area contributed by atoms with Gasteiger partial charge in [-0.2, -0.15) is 4.72 Å². The van der Waals surface area contributed by atoms with Gasteiger partial charge in [0.05, 0.1) is 10.9 Å². The minimum Gasteiger partial charge on any atom is -0.481 e. The smallest absolute Gasteiger partial charge is 0.303 e. The van der Waals surface area contributed by atoms with Crippen LogP contribution in [0, 0.1) is 0 Å². The van der Waals surface area contributed by atoms with E-state index in [4.69, 9.17) is 16.7 Å². The molecule has 0 aliphatic rings. The molecule has 162 valence electrons. The van der Waals surface area contributed by atoms with Gasteiger partial charge in [-0.15, -0.1) is 0 Å². The molecule has 3 aromatic carbocycles. The molecule has 1 atom stereocenters. The number of benzene rings is 3. The number of carbonyl (C=O) groups is 1. The van der Waals surface area contributed by atoms with Crippen molar-refractivity contribution in [1.82, 2.24) is 4.72 Å². The molecular formula is C24H24ClNO4S. The van der Waals surface area contributed by atoms with Crippen molar-refractivity contribution in [3.63, 3.8) is 0 Å². The number of halogens is 1. The molecule has 3 aromatic rings. The number of hydrogen-bond donors (Lipinski definition) is 2. The highest BCUT2D eigenvalue weighted by Crippen LogP contribution is 2.26. The first kappa shape index (κ1) is 23.0. The average molecular weight is 458 g/mol. The van der Waals surface area contributed by atoms with Crippen LogP contribution in [-0.2, 0) is 21.2 Å². The van der Waals surface area contributed by atoms with Gasteiger partial charge in [-0.1, -0.05) is 66.2 Å². The van der Waals surface area contributed by atoms with Gasteiger partial charge in [0.2, 0.25) is 10.0 Å². The van der Waals surface area contributed by atoms with Crippen LogP contribution in [0.2, 0.25) is 5.02 Å². The van der Waals surface area contributed by atoms with Gasteiger partial charge >= 0.3 is 5.97 Å². The summed E-state index contributed by atoms with van der Waals surface area (Å²) in [5, 5.41) is 9.21. The van der Waals surface area contributed by atoms with Crippen LogP contribution in [0.25, 0.3) is 0 Å². The van der Waals surface area contributed by atoms with E-state index in [2.05, 4.69) is 4.72 Å². The van der Waals surface area contributed by atoms with Crippen molar-refractivity contribution in [3.05, 3.63) is 101 Å². The predicted molar refractivity (Wildman–Crippen MR) is 122 cm³/mol. The fraction of sp³-hybridized carbons (Fsp3) is 0.208. The van der Waals surface area contributed by atoms with Crippen molar-refractivity contribution in [2.24, 2.45) is 0 Å². The van der Waals surface area contributed by atoms with Crippen LogP contribution in [0.1, 0.15) is 42.0 Å². The Bertz CT molecular complexity index is 1100. The van der Waals surface area contributed by atoms with Gasteiger partial charge in [0, 0.05) is 11.4 Å². The molecule has 0 aliphatic heterocycles. The van der Waals surface area contributed by atoms with E-state index in [0.29, 0.717) is 11.4 Å². The van der Waals surface area contributed by atoms with Gasteiger partial charge in [-0.05, 0) is 60.2 Å². The Morgan fingerprint density at radius 3 is 2.10 bits per heavy atom. The zero-order valence-electron chi connectivity index (χ0n) is 16.9. The lowest BCUT2D eigenvalue weighted by Gasteiger charge is -2.20. The monoisotopic (exact) mass is 457 g/mol. The molecule has 0 amide bonds. The highest BCUT2D eigenvalue weighted by Gasteiger charge is 2.23. The lowest BCUT2D eigenvalue weighted by atomic mass is 9.97. The molecule has 2 N–H and O–H groups in total. The molecule has 0 saturated heterocycles. The number of carboxylic acid groups (broad SMARTS) is 1. The Morgan fingerprint density at radius 1 is 0.871 bits per heavy atom. The van der Waals surface area contributed by atoms with E-state index < -0.39 is 22.0 Å². The van der Waals surface area contributed by atoms with E-state index in [1.807, 2.05) is 54.6 Å². The molecule has 3 rings (SSSR count). The van der Waals surface area contributed by atoms with Gasteiger partial charge in [-0.3, -0.25) is 4.79 Å². The zero-order valence-corrected chi connectivity index (χ0v) is 18.4. The van der Waals surface area contributed by atoms with E-state index in [-0.39, 0.29) is 11.3 Å². The van der Waals surface area contributed by atoms with E-state index in [1.54, 1.807) is 12.1 Å². The summed E-state index contributed by atoms with van der Waals surface area (Å²) in [5.41, 5.74) is 2.73. The standard InChI is InChI=1S/C24H24ClNO4S/c25-21-14-16-22(17-15-21)31(29,30)26-24(19-7-2-1-3-8-19)20-12-10-18(11-13-20)6-4-5-9-23(27)28/h1-3,7-8,10-17,24,26H,4-6,9H2,(H,27,28). The SMILES string of the molecule is O=C(O)CCCCc1ccc(C(NS(=O)(=O)c2ccc(Cl)cc2)c2ccccc2)cc1. The third kappa shape index (κ3) is 6.66. The molecule has 0 heterocycles. The number of carboxylic acids is 1. The highest BCUT2D eigenvalue weighted by atomic mass is 35.5. The molecule has 0 spiro atoms. The number of sulfonamides is 1. The van der Waals surface area contributed by atoms with Gasteiger partial charge in [-0.25, -0.2) is 8.42 Å². The van der Waals surface area contributed by atoms with Crippen LogP contribution in [0.15, 0.2) is 83.8 Å². The van der Waals surface area contributed by atoms with Gasteiger partial charge in [0.1, 0.15) is 0 Å². The third-order valence-corrected chi connectivity index (χ3v) is 6.64. The molecule has 0 aliphatic carbocycles. The Balaban J connectivity index is 1.81. The second-order valence-corrected chi connectivity index (χ2v) is 9.41. The molecule has 7 heteroatoms. The first-order valence-electron chi connectivity index (χ1n) is 9.98. The Hall–Kier alpha value is -2.67. The number of hydrogen-bond acceptors (Lipinski definition) is 3. The summed E-state index contributed by atoms with van der Waals surface area (Å²) in [6, 6.07) is 22.6. The molecule has 1 unspecified atom stereocenters. The van der Waals surface area contributed by atoms with E-state index in [0.717, 1.165) is 29.5 Å². The minimum absolute atomic E-state index is 0.146. The highest BCUT2D eigenvalue weighted by molar-refractivity contribution is 7.89. The zero-order chi connectivity index (χ0) is 22.3. The van der Waals surface area contributed by atoms with Crippen LogP contribution in [0.3, 0.4) is 0 Å². The molecule has 0 radical (unpaired) electrons. The molecule has 5 nitrogen and oxygen atoms in total. The van der Waals surface area contributed by atoms with Gasteiger partial charge in [0.15, 0.2) is 0 Å². The van der Waals surface area contributed by atoms with Crippen LogP contribution in [0.5, 0.6) is 0 Å². The Kier molecular flexibility index (Phi) is 7.85. The summed E-state index contributed by atoms with van der Waals surface area (Å²) in [4.78, 5) is 10.8. The number of aliphatic carboxylic acids is 1. The largest absolute Gasteiger partial charge is 0.481 e.